The second-order valence-electron chi connectivity index (χ2n) is 3.33. The SMILES string of the molecule is COC(=O)/C(=C\Nc1nccc(C)n1)NC(=S)OC. The third-order valence-electron chi connectivity index (χ3n) is 1.97. The first-order valence-corrected chi connectivity index (χ1v) is 5.67. The number of anilines is 1. The largest absolute Gasteiger partial charge is 0.474 e. The molecule has 0 aliphatic carbocycles. The van der Waals surface area contributed by atoms with Crippen molar-refractivity contribution < 1.29 is 14.3 Å². The van der Waals surface area contributed by atoms with Gasteiger partial charge in [0.15, 0.2) is 0 Å². The number of nitrogens with one attached hydrogen (secondary N) is 2. The predicted octanol–water partition coefficient (Wildman–Crippen LogP) is 0.732. The van der Waals surface area contributed by atoms with Crippen molar-refractivity contribution in [2.24, 2.45) is 0 Å². The second-order valence-corrected chi connectivity index (χ2v) is 3.70. The van der Waals surface area contributed by atoms with Gasteiger partial charge in [0.1, 0.15) is 5.70 Å². The molecule has 0 atom stereocenters. The Hall–Kier alpha value is -2.22. The zero-order valence-corrected chi connectivity index (χ0v) is 11.6. The minimum absolute atomic E-state index is 0.0450. The van der Waals surface area contributed by atoms with Gasteiger partial charge in [0, 0.05) is 18.1 Å². The molecule has 0 saturated heterocycles. The van der Waals surface area contributed by atoms with Crippen LogP contribution in [0.5, 0.6) is 0 Å². The van der Waals surface area contributed by atoms with Crippen molar-refractivity contribution in [3.05, 3.63) is 29.9 Å². The molecule has 0 radical (unpaired) electrons. The lowest BCUT2D eigenvalue weighted by molar-refractivity contribution is -0.136. The average Bonchev–Trinajstić information content (AvgIpc) is 2.42. The average molecular weight is 282 g/mol. The van der Waals surface area contributed by atoms with E-state index in [-0.39, 0.29) is 10.9 Å². The zero-order valence-electron chi connectivity index (χ0n) is 10.8. The lowest BCUT2D eigenvalue weighted by Gasteiger charge is -2.09. The zero-order chi connectivity index (χ0) is 14.3. The highest BCUT2D eigenvalue weighted by atomic mass is 32.1. The van der Waals surface area contributed by atoms with E-state index >= 15 is 0 Å². The van der Waals surface area contributed by atoms with Crippen molar-refractivity contribution in [1.82, 2.24) is 15.3 Å². The topological polar surface area (TPSA) is 85.4 Å². The molecule has 0 spiro atoms. The van der Waals surface area contributed by atoms with Crippen LogP contribution in [-0.4, -0.2) is 35.3 Å². The number of esters is 1. The monoisotopic (exact) mass is 282 g/mol. The molecule has 0 unspecified atom stereocenters. The molecule has 1 aromatic rings. The van der Waals surface area contributed by atoms with Crippen molar-refractivity contribution in [1.29, 1.82) is 0 Å². The van der Waals surface area contributed by atoms with Crippen LogP contribution >= 0.6 is 12.2 Å². The summed E-state index contributed by atoms with van der Waals surface area (Å²) in [6, 6.07) is 1.76. The van der Waals surface area contributed by atoms with E-state index in [1.54, 1.807) is 12.3 Å². The fourth-order valence-electron chi connectivity index (χ4n) is 1.07. The normalized spacial score (nSPS) is 10.6. The van der Waals surface area contributed by atoms with Crippen LogP contribution < -0.4 is 10.6 Å². The van der Waals surface area contributed by atoms with Gasteiger partial charge in [-0.05, 0) is 25.2 Å². The molecule has 0 aliphatic rings. The van der Waals surface area contributed by atoms with Gasteiger partial charge in [-0.2, -0.15) is 0 Å². The third kappa shape index (κ3) is 4.88. The predicted molar refractivity (Wildman–Crippen MR) is 73.2 cm³/mol. The van der Waals surface area contributed by atoms with Crippen molar-refractivity contribution in [3.63, 3.8) is 0 Å². The minimum Gasteiger partial charge on any atom is -0.474 e. The van der Waals surface area contributed by atoms with E-state index in [0.29, 0.717) is 5.95 Å². The smallest absolute Gasteiger partial charge is 0.356 e. The summed E-state index contributed by atoms with van der Waals surface area (Å²) in [6.07, 6.45) is 2.95. The number of rotatable bonds is 4. The molecule has 1 aromatic heterocycles. The maximum atomic E-state index is 11.5. The second kappa shape index (κ2) is 7.27. The van der Waals surface area contributed by atoms with Crippen LogP contribution in [-0.2, 0) is 14.3 Å². The number of thiocarbonyl (C=S) groups is 1. The summed E-state index contributed by atoms with van der Waals surface area (Å²) in [4.78, 5) is 19.6. The molecule has 0 aromatic carbocycles. The fraction of sp³-hybridized carbons (Fsp3) is 0.273. The molecule has 0 saturated carbocycles. The molecule has 1 rings (SSSR count). The van der Waals surface area contributed by atoms with Crippen LogP contribution in [0.25, 0.3) is 0 Å². The van der Waals surface area contributed by atoms with Gasteiger partial charge in [-0.1, -0.05) is 0 Å². The van der Waals surface area contributed by atoms with Crippen LogP contribution in [0, 0.1) is 6.92 Å². The van der Waals surface area contributed by atoms with E-state index < -0.39 is 5.97 Å². The molecule has 8 heteroatoms. The summed E-state index contributed by atoms with van der Waals surface area (Å²) in [5, 5.41) is 5.39. The maximum absolute atomic E-state index is 11.5. The van der Waals surface area contributed by atoms with Gasteiger partial charge in [-0.3, -0.25) is 0 Å². The van der Waals surface area contributed by atoms with Crippen LogP contribution in [0.1, 0.15) is 5.69 Å². The molecule has 7 nitrogen and oxygen atoms in total. The van der Waals surface area contributed by atoms with Crippen molar-refractivity contribution >= 4 is 29.3 Å². The molecule has 2 N–H and O–H groups in total. The summed E-state index contributed by atoms with van der Waals surface area (Å²) >= 11 is 4.81. The molecule has 0 amide bonds. The van der Waals surface area contributed by atoms with Gasteiger partial charge in [-0.15, -0.1) is 0 Å². The Kier molecular flexibility index (Phi) is 5.68. The lowest BCUT2D eigenvalue weighted by Crippen LogP contribution is -2.28. The lowest BCUT2D eigenvalue weighted by atomic mass is 10.4. The molecule has 1 heterocycles. The van der Waals surface area contributed by atoms with Crippen LogP contribution in [0.15, 0.2) is 24.2 Å². The number of hydrogen-bond donors (Lipinski definition) is 2. The first kappa shape index (κ1) is 14.8. The van der Waals surface area contributed by atoms with Crippen LogP contribution in [0.4, 0.5) is 5.95 Å². The molecular formula is C11H14N4O3S. The van der Waals surface area contributed by atoms with Crippen molar-refractivity contribution in [3.8, 4) is 0 Å². The summed E-state index contributed by atoms with van der Waals surface area (Å²) in [5.74, 6) is -0.244. The Morgan fingerprint density at radius 1 is 1.42 bits per heavy atom. The Morgan fingerprint density at radius 3 is 2.74 bits per heavy atom. The number of ether oxygens (including phenoxy) is 2. The molecular weight excluding hydrogens is 268 g/mol. The van der Waals surface area contributed by atoms with E-state index in [1.165, 1.54) is 20.4 Å². The van der Waals surface area contributed by atoms with E-state index in [4.69, 9.17) is 17.0 Å². The summed E-state index contributed by atoms with van der Waals surface area (Å²) in [7, 11) is 2.65. The Balaban J connectivity index is 2.82. The number of nitrogens with zero attached hydrogens (tertiary/aromatic N) is 2. The number of methoxy groups -OCH3 is 2. The number of carbonyl (C=O) groups excluding carboxylic acids is 1. The van der Waals surface area contributed by atoms with Gasteiger partial charge in [0.2, 0.25) is 5.95 Å². The minimum atomic E-state index is -0.598. The Morgan fingerprint density at radius 2 is 2.16 bits per heavy atom. The fourth-order valence-corrected chi connectivity index (χ4v) is 1.18. The van der Waals surface area contributed by atoms with Crippen LogP contribution in [0.3, 0.4) is 0 Å². The van der Waals surface area contributed by atoms with Gasteiger partial charge in [0.05, 0.1) is 14.2 Å². The molecule has 0 fully saturated rings. The van der Waals surface area contributed by atoms with E-state index in [0.717, 1.165) is 5.69 Å². The number of aryl methyl sites for hydroxylation is 1. The van der Waals surface area contributed by atoms with E-state index in [9.17, 15) is 4.79 Å². The van der Waals surface area contributed by atoms with Crippen molar-refractivity contribution in [2.75, 3.05) is 19.5 Å². The maximum Gasteiger partial charge on any atom is 0.356 e. The highest BCUT2D eigenvalue weighted by molar-refractivity contribution is 7.80. The summed E-state index contributed by atoms with van der Waals surface area (Å²) in [6.45, 7) is 1.83. The van der Waals surface area contributed by atoms with E-state index in [1.807, 2.05) is 6.92 Å². The summed E-state index contributed by atoms with van der Waals surface area (Å²) < 4.78 is 9.36. The third-order valence-corrected chi connectivity index (χ3v) is 2.24. The van der Waals surface area contributed by atoms with Gasteiger partial charge in [-0.25, -0.2) is 14.8 Å². The standard InChI is InChI=1S/C11H14N4O3S/c1-7-4-5-12-10(14-7)13-6-8(9(16)17-2)15-11(19)18-3/h4-6H,1-3H3,(H,15,19)(H,12,13,14)/b8-6+. The van der Waals surface area contributed by atoms with Crippen LogP contribution in [0.2, 0.25) is 0 Å². The summed E-state index contributed by atoms with van der Waals surface area (Å²) in [5.41, 5.74) is 0.880. The molecule has 19 heavy (non-hydrogen) atoms. The number of carbonyl (C=O) groups is 1. The van der Waals surface area contributed by atoms with E-state index in [2.05, 4.69) is 25.3 Å². The van der Waals surface area contributed by atoms with Gasteiger partial charge >= 0.3 is 5.97 Å². The Bertz CT molecular complexity index is 504. The molecule has 0 aliphatic heterocycles. The van der Waals surface area contributed by atoms with Crippen molar-refractivity contribution in [2.45, 2.75) is 6.92 Å². The van der Waals surface area contributed by atoms with Gasteiger partial charge in [0.25, 0.3) is 5.17 Å². The number of hydrogen-bond acceptors (Lipinski definition) is 7. The number of aromatic nitrogens is 2. The molecule has 102 valence electrons. The first-order chi connectivity index (χ1) is 9.06. The van der Waals surface area contributed by atoms with Gasteiger partial charge < -0.3 is 20.1 Å². The molecule has 0 bridgehead atoms. The highest BCUT2D eigenvalue weighted by Gasteiger charge is 2.11. The first-order valence-electron chi connectivity index (χ1n) is 5.26. The highest BCUT2D eigenvalue weighted by Crippen LogP contribution is 2.01. The quantitative estimate of drug-likeness (QED) is 0.475. The Labute approximate surface area is 116 Å².